The van der Waals surface area contributed by atoms with Gasteiger partial charge in [-0.15, -0.1) is 6.42 Å². The minimum atomic E-state index is -1.33. The highest BCUT2D eigenvalue weighted by Crippen LogP contribution is 2.51. The molecule has 220 valence electrons. The Kier molecular flexibility index (Phi) is 8.80. The largest absolute Gasteiger partial charge is 0.468 e. The van der Waals surface area contributed by atoms with E-state index in [0.29, 0.717) is 23.8 Å². The van der Waals surface area contributed by atoms with E-state index in [4.69, 9.17) is 30.1 Å². The second-order valence-corrected chi connectivity index (χ2v) is 10.5. The zero-order valence-electron chi connectivity index (χ0n) is 23.7. The average Bonchev–Trinajstić information content (AvgIpc) is 3.47. The highest BCUT2D eigenvalue weighted by molar-refractivity contribution is 5.92. The van der Waals surface area contributed by atoms with Crippen molar-refractivity contribution in [1.29, 1.82) is 0 Å². The molecule has 2 amide bonds. The number of methoxy groups -OCH3 is 1. The molecule has 3 heterocycles. The Morgan fingerprint density at radius 2 is 1.93 bits per heavy atom. The Morgan fingerprint density at radius 1 is 1.14 bits per heavy atom. The van der Waals surface area contributed by atoms with E-state index in [1.54, 1.807) is 24.0 Å². The number of rotatable bonds is 10. The molecule has 1 fully saturated rings. The molecule has 4 atom stereocenters. The van der Waals surface area contributed by atoms with Crippen molar-refractivity contribution in [3.63, 3.8) is 0 Å². The van der Waals surface area contributed by atoms with Gasteiger partial charge in [0, 0.05) is 18.0 Å². The number of likely N-dealkylation sites (tertiary alicyclic amines) is 1. The molecular weight excluding hydrogens is 540 g/mol. The molecular formula is C32H34N2O8. The molecule has 0 unspecified atom stereocenters. The molecule has 0 bridgehead atoms. The van der Waals surface area contributed by atoms with Gasteiger partial charge in [0.05, 0.1) is 39.5 Å². The topological polar surface area (TPSA) is 113 Å². The van der Waals surface area contributed by atoms with Crippen molar-refractivity contribution in [2.75, 3.05) is 27.1 Å². The first kappa shape index (κ1) is 29.2. The third kappa shape index (κ3) is 5.84. The van der Waals surface area contributed by atoms with E-state index in [1.807, 2.05) is 42.5 Å². The van der Waals surface area contributed by atoms with Gasteiger partial charge in [-0.05, 0) is 42.7 Å². The number of carbonyl (C=O) groups is 3. The van der Waals surface area contributed by atoms with Crippen molar-refractivity contribution >= 4 is 17.8 Å². The monoisotopic (exact) mass is 574 g/mol. The van der Waals surface area contributed by atoms with Crippen LogP contribution in [-0.4, -0.2) is 61.9 Å². The maximum Gasteiger partial charge on any atom is 0.320 e. The van der Waals surface area contributed by atoms with E-state index in [0.717, 1.165) is 11.1 Å². The minimum absolute atomic E-state index is 0.0398. The second kappa shape index (κ2) is 12.7. The Morgan fingerprint density at radius 3 is 2.69 bits per heavy atom. The first-order valence-corrected chi connectivity index (χ1v) is 13.8. The third-order valence-electron chi connectivity index (χ3n) is 7.89. The molecule has 5 rings (SSSR count). The van der Waals surface area contributed by atoms with E-state index >= 15 is 0 Å². The van der Waals surface area contributed by atoms with Crippen molar-refractivity contribution in [1.82, 2.24) is 10.2 Å². The van der Waals surface area contributed by atoms with Crippen LogP contribution in [0, 0.1) is 23.7 Å². The maximum atomic E-state index is 14.1. The summed E-state index contributed by atoms with van der Waals surface area (Å²) < 4.78 is 28.6. The molecule has 1 saturated heterocycles. The van der Waals surface area contributed by atoms with Crippen molar-refractivity contribution in [3.05, 3.63) is 71.4 Å². The van der Waals surface area contributed by atoms with Gasteiger partial charge in [-0.1, -0.05) is 42.3 Å². The number of benzene rings is 2. The fourth-order valence-corrected chi connectivity index (χ4v) is 5.85. The summed E-state index contributed by atoms with van der Waals surface area (Å²) in [5.74, 6) is 1.54. The van der Waals surface area contributed by atoms with Gasteiger partial charge >= 0.3 is 5.97 Å². The van der Waals surface area contributed by atoms with Gasteiger partial charge in [-0.25, -0.2) is 0 Å². The number of piperidine rings is 1. The van der Waals surface area contributed by atoms with Crippen LogP contribution in [0.3, 0.4) is 0 Å². The number of ether oxygens (including phenoxy) is 5. The van der Waals surface area contributed by atoms with Gasteiger partial charge in [0.15, 0.2) is 11.5 Å². The van der Waals surface area contributed by atoms with Gasteiger partial charge < -0.3 is 33.9 Å². The van der Waals surface area contributed by atoms with E-state index < -0.39 is 29.5 Å². The third-order valence-corrected chi connectivity index (χ3v) is 7.89. The van der Waals surface area contributed by atoms with Crippen LogP contribution in [0.4, 0.5) is 0 Å². The number of terminal acetylenes is 1. The Balaban J connectivity index is 1.49. The van der Waals surface area contributed by atoms with Crippen LogP contribution >= 0.6 is 0 Å². The van der Waals surface area contributed by atoms with Crippen LogP contribution in [-0.2, 0) is 41.7 Å². The van der Waals surface area contributed by atoms with E-state index in [-0.39, 0.29) is 51.1 Å². The summed E-state index contributed by atoms with van der Waals surface area (Å²) >= 11 is 0. The molecule has 0 radical (unpaired) electrons. The number of amides is 2. The summed E-state index contributed by atoms with van der Waals surface area (Å²) in [4.78, 5) is 42.0. The first-order chi connectivity index (χ1) is 20.3. The fraction of sp³-hybridized carbons (Fsp3) is 0.406. The predicted octanol–water partition coefficient (Wildman–Crippen LogP) is 2.95. The molecule has 3 aliphatic heterocycles. The first-order valence-electron chi connectivity index (χ1n) is 13.8. The standard InChI is InChI=1S/C32H34N2O8/c1-4-12-33-29(35)14-24-16-32(31(37)38-3)21(2)42-25(19-39-18-22-8-6-5-7-9-22)15-28(32)34(30(24)36)17-23-10-11-26-27(13-23)41-20-40-26/h1,5-11,13,15,21,24-25H,12,14,16-20H2,2-3H3,(H,33,35)/t21-,24-,25-,32+/m0/s1. The van der Waals surface area contributed by atoms with Crippen LogP contribution in [0.5, 0.6) is 11.5 Å². The lowest BCUT2D eigenvalue weighted by molar-refractivity contribution is -0.178. The molecule has 0 aromatic heterocycles. The highest BCUT2D eigenvalue weighted by Gasteiger charge is 2.59. The zero-order valence-corrected chi connectivity index (χ0v) is 23.7. The summed E-state index contributed by atoms with van der Waals surface area (Å²) in [7, 11) is 1.31. The quantitative estimate of drug-likeness (QED) is 0.341. The van der Waals surface area contributed by atoms with Gasteiger partial charge in [0.1, 0.15) is 11.5 Å². The van der Waals surface area contributed by atoms with E-state index in [1.165, 1.54) is 7.11 Å². The van der Waals surface area contributed by atoms with Crippen LogP contribution in [0.1, 0.15) is 30.9 Å². The van der Waals surface area contributed by atoms with Gasteiger partial charge in [0.25, 0.3) is 0 Å². The second-order valence-electron chi connectivity index (χ2n) is 10.5. The predicted molar refractivity (Wildman–Crippen MR) is 151 cm³/mol. The molecule has 0 saturated carbocycles. The molecule has 3 aliphatic rings. The molecule has 0 aliphatic carbocycles. The maximum absolute atomic E-state index is 14.1. The normalized spacial score (nSPS) is 24.3. The van der Waals surface area contributed by atoms with Crippen molar-refractivity contribution in [3.8, 4) is 23.8 Å². The van der Waals surface area contributed by atoms with Gasteiger partial charge in [-0.3, -0.25) is 14.4 Å². The minimum Gasteiger partial charge on any atom is -0.468 e. The summed E-state index contributed by atoms with van der Waals surface area (Å²) in [6.07, 6.45) is 5.77. The zero-order chi connectivity index (χ0) is 29.7. The number of carbonyl (C=O) groups excluding carboxylic acids is 3. The van der Waals surface area contributed by atoms with Crippen molar-refractivity contribution in [2.24, 2.45) is 11.3 Å². The number of hydrogen-bond donors (Lipinski definition) is 1. The molecule has 0 spiro atoms. The highest BCUT2D eigenvalue weighted by atomic mass is 16.7. The number of nitrogens with one attached hydrogen (secondary N) is 1. The van der Waals surface area contributed by atoms with Crippen LogP contribution in [0.2, 0.25) is 0 Å². The summed E-state index contributed by atoms with van der Waals surface area (Å²) in [6.45, 7) is 2.68. The molecule has 1 N–H and O–H groups in total. The fourth-order valence-electron chi connectivity index (χ4n) is 5.85. The number of fused-ring (bicyclic) bond motifs is 2. The number of esters is 1. The molecule has 10 nitrogen and oxygen atoms in total. The van der Waals surface area contributed by atoms with Crippen molar-refractivity contribution in [2.45, 2.75) is 45.1 Å². The molecule has 2 aromatic rings. The Hall–Kier alpha value is -4.33. The van der Waals surface area contributed by atoms with Gasteiger partial charge in [-0.2, -0.15) is 0 Å². The lowest BCUT2D eigenvalue weighted by Gasteiger charge is -2.51. The lowest BCUT2D eigenvalue weighted by atomic mass is 9.66. The lowest BCUT2D eigenvalue weighted by Crippen LogP contribution is -2.60. The smallest absolute Gasteiger partial charge is 0.320 e. The average molecular weight is 575 g/mol. The van der Waals surface area contributed by atoms with Crippen molar-refractivity contribution < 1.29 is 38.1 Å². The number of nitrogens with zero attached hydrogens (tertiary/aromatic N) is 1. The van der Waals surface area contributed by atoms with Gasteiger partial charge in [0.2, 0.25) is 18.6 Å². The summed E-state index contributed by atoms with van der Waals surface area (Å²) in [5, 5.41) is 2.62. The van der Waals surface area contributed by atoms with E-state index in [2.05, 4.69) is 11.2 Å². The molecule has 42 heavy (non-hydrogen) atoms. The summed E-state index contributed by atoms with van der Waals surface area (Å²) in [5.41, 5.74) is 0.928. The molecule has 2 aromatic carbocycles. The molecule has 10 heteroatoms. The Labute approximate surface area is 244 Å². The van der Waals surface area contributed by atoms with Crippen LogP contribution < -0.4 is 14.8 Å². The van der Waals surface area contributed by atoms with E-state index in [9.17, 15) is 14.4 Å². The number of hydrogen-bond acceptors (Lipinski definition) is 8. The van der Waals surface area contributed by atoms with Crippen LogP contribution in [0.15, 0.2) is 60.3 Å². The SMILES string of the molecule is C#CCNC(=O)C[C@H]1C[C@]2(C(=O)OC)C(=C[C@@H](COCc3ccccc3)O[C@H]2C)N(Cc2ccc3c(c2)OCO3)C1=O. The Bertz CT molecular complexity index is 1400. The van der Waals surface area contributed by atoms with Crippen LogP contribution in [0.25, 0.3) is 0 Å². The summed E-state index contributed by atoms with van der Waals surface area (Å²) in [6, 6.07) is 15.2.